The summed E-state index contributed by atoms with van der Waals surface area (Å²) in [4.78, 5) is 42.0. The Morgan fingerprint density at radius 2 is 1.56 bits per heavy atom. The van der Waals surface area contributed by atoms with Crippen LogP contribution in [0.5, 0.6) is 0 Å². The summed E-state index contributed by atoms with van der Waals surface area (Å²) in [5.74, 6) is -0.364. The molecule has 2 aromatic rings. The number of benzene rings is 1. The number of carbonyl (C=O) groups excluding carboxylic acids is 3. The minimum atomic E-state index is -0.227. The second-order valence-corrected chi connectivity index (χ2v) is 7.92. The highest BCUT2D eigenvalue weighted by Gasteiger charge is 2.25. The Balaban J connectivity index is 1.47. The van der Waals surface area contributed by atoms with Gasteiger partial charge in [0.15, 0.2) is 0 Å². The van der Waals surface area contributed by atoms with E-state index in [0.29, 0.717) is 36.6 Å². The number of carbonyl (C=O) groups is 3. The fraction of sp³-hybridized carbons (Fsp3) is 0.350. The molecule has 2 heterocycles. The zero-order chi connectivity index (χ0) is 19.4. The van der Waals surface area contributed by atoms with E-state index in [9.17, 15) is 14.4 Å². The molecule has 27 heavy (non-hydrogen) atoms. The average molecular weight is 385 g/mol. The maximum Gasteiger partial charge on any atom is 0.261 e. The van der Waals surface area contributed by atoms with Crippen molar-refractivity contribution in [3.8, 4) is 0 Å². The topological polar surface area (TPSA) is 69.7 Å². The molecule has 0 saturated carbocycles. The summed E-state index contributed by atoms with van der Waals surface area (Å²) in [6, 6.07) is 11.1. The number of hydrogen-bond acceptors (Lipinski definition) is 4. The number of amides is 3. The van der Waals surface area contributed by atoms with E-state index >= 15 is 0 Å². The first-order valence-corrected chi connectivity index (χ1v) is 9.74. The summed E-state index contributed by atoms with van der Waals surface area (Å²) >= 11 is 1.40. The second kappa shape index (κ2) is 8.35. The monoisotopic (exact) mass is 385 g/mol. The van der Waals surface area contributed by atoms with Crippen molar-refractivity contribution in [2.45, 2.75) is 13.8 Å². The molecule has 0 aliphatic carbocycles. The van der Waals surface area contributed by atoms with Gasteiger partial charge in [0, 0.05) is 36.6 Å². The summed E-state index contributed by atoms with van der Waals surface area (Å²) < 4.78 is 0. The van der Waals surface area contributed by atoms with Crippen LogP contribution >= 0.6 is 11.3 Å². The average Bonchev–Trinajstić information content (AvgIpc) is 3.12. The summed E-state index contributed by atoms with van der Waals surface area (Å²) in [5.41, 5.74) is 1.78. The zero-order valence-corrected chi connectivity index (χ0v) is 16.3. The molecule has 7 heteroatoms. The standard InChI is InChI=1S/C20H23N3O3S/c1-14-3-6-16(7-4-14)20(26)23-11-9-22(10-12-23)18(24)13-21-19(25)17-8-5-15(2)27-17/h3-8H,9-13H2,1-2H3,(H,21,25). The van der Waals surface area contributed by atoms with E-state index in [-0.39, 0.29) is 24.3 Å². The second-order valence-electron chi connectivity index (χ2n) is 6.63. The van der Waals surface area contributed by atoms with E-state index in [1.807, 2.05) is 44.2 Å². The number of thiophene rings is 1. The van der Waals surface area contributed by atoms with E-state index in [2.05, 4.69) is 5.32 Å². The Labute approximate surface area is 162 Å². The van der Waals surface area contributed by atoms with Gasteiger partial charge in [-0.05, 0) is 38.1 Å². The van der Waals surface area contributed by atoms with Gasteiger partial charge in [-0.2, -0.15) is 0 Å². The van der Waals surface area contributed by atoms with Crippen LogP contribution in [0.3, 0.4) is 0 Å². The number of nitrogens with one attached hydrogen (secondary N) is 1. The van der Waals surface area contributed by atoms with Crippen molar-refractivity contribution >= 4 is 29.1 Å². The van der Waals surface area contributed by atoms with E-state index in [4.69, 9.17) is 0 Å². The summed E-state index contributed by atoms with van der Waals surface area (Å²) in [5, 5.41) is 2.67. The number of piperazine rings is 1. The van der Waals surface area contributed by atoms with Crippen molar-refractivity contribution in [2.24, 2.45) is 0 Å². The van der Waals surface area contributed by atoms with E-state index < -0.39 is 0 Å². The zero-order valence-electron chi connectivity index (χ0n) is 15.5. The largest absolute Gasteiger partial charge is 0.342 e. The number of nitrogens with zero attached hydrogens (tertiary/aromatic N) is 2. The van der Waals surface area contributed by atoms with Crippen molar-refractivity contribution in [3.05, 3.63) is 57.3 Å². The highest BCUT2D eigenvalue weighted by Crippen LogP contribution is 2.14. The summed E-state index contributed by atoms with van der Waals surface area (Å²) in [6.07, 6.45) is 0. The van der Waals surface area contributed by atoms with Crippen LogP contribution in [0, 0.1) is 13.8 Å². The van der Waals surface area contributed by atoms with E-state index in [0.717, 1.165) is 10.4 Å². The normalized spacial score (nSPS) is 14.1. The molecule has 1 aliphatic rings. The Kier molecular flexibility index (Phi) is 5.91. The first kappa shape index (κ1) is 19.1. The lowest BCUT2D eigenvalue weighted by molar-refractivity contribution is -0.131. The van der Waals surface area contributed by atoms with Crippen molar-refractivity contribution in [1.82, 2.24) is 15.1 Å². The molecule has 1 saturated heterocycles. The molecule has 3 rings (SSSR count). The fourth-order valence-electron chi connectivity index (χ4n) is 2.95. The molecule has 142 valence electrons. The molecule has 0 spiro atoms. The Hall–Kier alpha value is -2.67. The van der Waals surface area contributed by atoms with Crippen LogP contribution in [0.1, 0.15) is 30.5 Å². The van der Waals surface area contributed by atoms with Crippen LogP contribution in [0.25, 0.3) is 0 Å². The third-order valence-electron chi connectivity index (χ3n) is 4.58. The number of hydrogen-bond donors (Lipinski definition) is 1. The predicted molar refractivity (Wildman–Crippen MR) is 105 cm³/mol. The molecule has 1 aromatic heterocycles. The molecule has 0 unspecified atom stereocenters. The summed E-state index contributed by atoms with van der Waals surface area (Å²) in [7, 11) is 0. The lowest BCUT2D eigenvalue weighted by Gasteiger charge is -2.34. The van der Waals surface area contributed by atoms with Crippen LogP contribution in [-0.4, -0.2) is 60.2 Å². The van der Waals surface area contributed by atoms with Crippen LogP contribution in [0.2, 0.25) is 0 Å². The van der Waals surface area contributed by atoms with Crippen LogP contribution in [-0.2, 0) is 4.79 Å². The molecule has 6 nitrogen and oxygen atoms in total. The van der Waals surface area contributed by atoms with Gasteiger partial charge in [0.05, 0.1) is 11.4 Å². The predicted octanol–water partition coefficient (Wildman–Crippen LogP) is 2.08. The molecule has 0 bridgehead atoms. The van der Waals surface area contributed by atoms with Gasteiger partial charge in [-0.15, -0.1) is 11.3 Å². The molecule has 3 amide bonds. The third-order valence-corrected chi connectivity index (χ3v) is 5.58. The quantitative estimate of drug-likeness (QED) is 0.876. The maximum absolute atomic E-state index is 12.5. The minimum Gasteiger partial charge on any atom is -0.342 e. The van der Waals surface area contributed by atoms with Crippen LogP contribution in [0.4, 0.5) is 0 Å². The molecule has 0 atom stereocenters. The van der Waals surface area contributed by atoms with Gasteiger partial charge in [0.1, 0.15) is 0 Å². The maximum atomic E-state index is 12.5. The van der Waals surface area contributed by atoms with Crippen molar-refractivity contribution < 1.29 is 14.4 Å². The smallest absolute Gasteiger partial charge is 0.261 e. The van der Waals surface area contributed by atoms with Gasteiger partial charge in [0.2, 0.25) is 5.91 Å². The van der Waals surface area contributed by atoms with Crippen molar-refractivity contribution in [1.29, 1.82) is 0 Å². The van der Waals surface area contributed by atoms with Gasteiger partial charge in [-0.1, -0.05) is 17.7 Å². The number of rotatable bonds is 4. The molecule has 1 aliphatic heterocycles. The fourth-order valence-corrected chi connectivity index (χ4v) is 3.73. The van der Waals surface area contributed by atoms with Crippen molar-refractivity contribution in [3.63, 3.8) is 0 Å². The highest BCUT2D eigenvalue weighted by molar-refractivity contribution is 7.13. The Morgan fingerprint density at radius 3 is 2.15 bits per heavy atom. The minimum absolute atomic E-state index is 0.0107. The van der Waals surface area contributed by atoms with Crippen LogP contribution < -0.4 is 5.32 Å². The molecular weight excluding hydrogens is 362 g/mol. The van der Waals surface area contributed by atoms with Crippen molar-refractivity contribution in [2.75, 3.05) is 32.7 Å². The molecule has 1 N–H and O–H groups in total. The molecular formula is C20H23N3O3S. The van der Waals surface area contributed by atoms with Gasteiger partial charge < -0.3 is 15.1 Å². The molecule has 1 fully saturated rings. The third kappa shape index (κ3) is 4.74. The number of aryl methyl sites for hydroxylation is 2. The summed E-state index contributed by atoms with van der Waals surface area (Å²) in [6.45, 7) is 5.84. The van der Waals surface area contributed by atoms with Gasteiger partial charge >= 0.3 is 0 Å². The van der Waals surface area contributed by atoms with E-state index in [1.165, 1.54) is 11.3 Å². The lowest BCUT2D eigenvalue weighted by Crippen LogP contribution is -2.52. The van der Waals surface area contributed by atoms with E-state index in [1.54, 1.807) is 15.9 Å². The Bertz CT molecular complexity index is 836. The van der Waals surface area contributed by atoms with Crippen LogP contribution in [0.15, 0.2) is 36.4 Å². The van der Waals surface area contributed by atoms with Gasteiger partial charge in [-0.3, -0.25) is 14.4 Å². The first-order valence-electron chi connectivity index (χ1n) is 8.92. The SMILES string of the molecule is Cc1ccc(C(=O)N2CCN(C(=O)CNC(=O)c3ccc(C)s3)CC2)cc1. The molecule has 0 radical (unpaired) electrons. The Morgan fingerprint density at radius 1 is 0.926 bits per heavy atom. The highest BCUT2D eigenvalue weighted by atomic mass is 32.1. The van der Waals surface area contributed by atoms with Gasteiger partial charge in [-0.25, -0.2) is 0 Å². The molecule has 1 aromatic carbocycles. The van der Waals surface area contributed by atoms with Gasteiger partial charge in [0.25, 0.3) is 11.8 Å². The lowest BCUT2D eigenvalue weighted by atomic mass is 10.1. The first-order chi connectivity index (χ1) is 12.9.